The lowest BCUT2D eigenvalue weighted by atomic mass is 10.0. The summed E-state index contributed by atoms with van der Waals surface area (Å²) in [4.78, 5) is 31.8. The lowest BCUT2D eigenvalue weighted by Gasteiger charge is -2.32. The fourth-order valence-electron chi connectivity index (χ4n) is 3.93. The third-order valence-corrected chi connectivity index (χ3v) is 5.77. The molecule has 1 fully saturated rings. The molecule has 0 spiro atoms. The van der Waals surface area contributed by atoms with Gasteiger partial charge in [0, 0.05) is 57.3 Å². The van der Waals surface area contributed by atoms with Gasteiger partial charge in [0.05, 0.1) is 0 Å². The molecular formula is C24H28N4O2. The van der Waals surface area contributed by atoms with Gasteiger partial charge in [-0.2, -0.15) is 0 Å². The highest BCUT2D eigenvalue weighted by molar-refractivity contribution is 5.88. The second-order valence-corrected chi connectivity index (χ2v) is 8.08. The molecule has 1 aromatic heterocycles. The molecule has 0 aliphatic carbocycles. The number of hydrogen-bond donors (Lipinski definition) is 2. The Balaban J connectivity index is 1.58. The molecular weight excluding hydrogens is 376 g/mol. The highest BCUT2D eigenvalue weighted by Gasteiger charge is 2.14. The number of hydrogen-bond acceptors (Lipinski definition) is 4. The number of benzene rings is 2. The van der Waals surface area contributed by atoms with E-state index >= 15 is 0 Å². The second-order valence-electron chi connectivity index (χ2n) is 8.08. The Morgan fingerprint density at radius 1 is 1.03 bits per heavy atom. The number of aromatic nitrogens is 1. The van der Waals surface area contributed by atoms with E-state index in [0.29, 0.717) is 11.9 Å². The van der Waals surface area contributed by atoms with Gasteiger partial charge >= 0.3 is 0 Å². The minimum atomic E-state index is -0.117. The van der Waals surface area contributed by atoms with Crippen LogP contribution in [0.3, 0.4) is 0 Å². The summed E-state index contributed by atoms with van der Waals surface area (Å²) in [7, 11) is 2.16. The predicted octanol–water partition coefficient (Wildman–Crippen LogP) is 2.58. The van der Waals surface area contributed by atoms with Crippen LogP contribution in [-0.4, -0.2) is 53.9 Å². The van der Waals surface area contributed by atoms with Crippen molar-refractivity contribution in [2.24, 2.45) is 0 Å². The third kappa shape index (κ3) is 4.61. The number of pyridine rings is 1. The molecule has 0 radical (unpaired) electrons. The molecule has 2 N–H and O–H groups in total. The summed E-state index contributed by atoms with van der Waals surface area (Å²) < 4.78 is 0. The fourth-order valence-corrected chi connectivity index (χ4v) is 3.93. The van der Waals surface area contributed by atoms with Gasteiger partial charge in [0.15, 0.2) is 0 Å². The molecule has 0 saturated carbocycles. The zero-order valence-corrected chi connectivity index (χ0v) is 17.6. The maximum Gasteiger partial charge on any atom is 0.256 e. The van der Waals surface area contributed by atoms with Crippen LogP contribution in [0.2, 0.25) is 0 Å². The zero-order chi connectivity index (χ0) is 21.1. The van der Waals surface area contributed by atoms with Crippen molar-refractivity contribution in [2.45, 2.75) is 20.0 Å². The Labute approximate surface area is 176 Å². The van der Waals surface area contributed by atoms with E-state index in [-0.39, 0.29) is 11.5 Å². The fraction of sp³-hybridized carbons (Fsp3) is 0.333. The molecule has 1 amide bonds. The van der Waals surface area contributed by atoms with Crippen molar-refractivity contribution in [3.05, 3.63) is 70.0 Å². The van der Waals surface area contributed by atoms with E-state index in [0.717, 1.165) is 54.9 Å². The van der Waals surface area contributed by atoms with Gasteiger partial charge in [0.2, 0.25) is 5.91 Å². The summed E-state index contributed by atoms with van der Waals surface area (Å²) >= 11 is 0. The zero-order valence-electron chi connectivity index (χ0n) is 17.6. The Kier molecular flexibility index (Phi) is 5.97. The number of fused-ring (bicyclic) bond motifs is 1. The first-order valence-electron chi connectivity index (χ1n) is 10.4. The monoisotopic (exact) mass is 404 g/mol. The molecule has 6 heteroatoms. The van der Waals surface area contributed by atoms with Gasteiger partial charge in [0.1, 0.15) is 0 Å². The number of likely N-dealkylation sites (N-methyl/N-ethyl adjacent to an activating group) is 1. The Morgan fingerprint density at radius 3 is 2.47 bits per heavy atom. The van der Waals surface area contributed by atoms with Gasteiger partial charge < -0.3 is 15.2 Å². The smallest absolute Gasteiger partial charge is 0.256 e. The maximum atomic E-state index is 12.7. The summed E-state index contributed by atoms with van der Waals surface area (Å²) in [6.07, 6.45) is 0. The molecule has 6 nitrogen and oxygen atoms in total. The summed E-state index contributed by atoms with van der Waals surface area (Å²) in [6.45, 7) is 7.24. The summed E-state index contributed by atoms with van der Waals surface area (Å²) in [5.41, 5.74) is 3.85. The topological polar surface area (TPSA) is 68.4 Å². The van der Waals surface area contributed by atoms with E-state index in [1.165, 1.54) is 12.5 Å². The maximum absolute atomic E-state index is 12.7. The van der Waals surface area contributed by atoms with Gasteiger partial charge in [0.25, 0.3) is 5.56 Å². The molecule has 2 heterocycles. The van der Waals surface area contributed by atoms with Gasteiger partial charge in [-0.25, -0.2) is 0 Å². The molecule has 1 aliphatic heterocycles. The highest BCUT2D eigenvalue weighted by atomic mass is 16.1. The molecule has 156 valence electrons. The van der Waals surface area contributed by atoms with Crippen molar-refractivity contribution in [1.29, 1.82) is 0 Å². The van der Waals surface area contributed by atoms with Crippen molar-refractivity contribution < 1.29 is 4.79 Å². The first-order chi connectivity index (χ1) is 14.5. The number of nitrogens with one attached hydrogen (secondary N) is 2. The van der Waals surface area contributed by atoms with E-state index < -0.39 is 0 Å². The average Bonchev–Trinajstić information content (AvgIpc) is 2.74. The largest absolute Gasteiger partial charge is 0.352 e. The van der Waals surface area contributed by atoms with Crippen LogP contribution in [0, 0.1) is 0 Å². The number of H-pyrrole nitrogens is 1. The number of piperazine rings is 1. The quantitative estimate of drug-likeness (QED) is 0.686. The summed E-state index contributed by atoms with van der Waals surface area (Å²) in [5.74, 6) is -0.0898. The highest BCUT2D eigenvalue weighted by Crippen LogP contribution is 2.23. The van der Waals surface area contributed by atoms with E-state index in [1.54, 1.807) is 0 Å². The van der Waals surface area contributed by atoms with Crippen LogP contribution in [-0.2, 0) is 17.9 Å². The summed E-state index contributed by atoms with van der Waals surface area (Å²) in [6, 6.07) is 16.0. The van der Waals surface area contributed by atoms with Crippen LogP contribution < -0.4 is 10.9 Å². The minimum absolute atomic E-state index is 0.0898. The number of amides is 1. The molecule has 3 aromatic rings. The number of nitrogens with zero attached hydrogens (tertiary/aromatic N) is 2. The first-order valence-corrected chi connectivity index (χ1v) is 10.4. The normalized spacial score (nSPS) is 15.4. The van der Waals surface area contributed by atoms with Crippen molar-refractivity contribution in [3.8, 4) is 11.3 Å². The van der Waals surface area contributed by atoms with E-state index in [4.69, 9.17) is 0 Å². The van der Waals surface area contributed by atoms with Crippen LogP contribution in [0.1, 0.15) is 18.1 Å². The molecule has 0 unspecified atom stereocenters. The van der Waals surface area contributed by atoms with Crippen molar-refractivity contribution >= 4 is 16.7 Å². The molecule has 1 aliphatic rings. The lowest BCUT2D eigenvalue weighted by molar-refractivity contribution is -0.119. The van der Waals surface area contributed by atoms with Gasteiger partial charge in [-0.05, 0) is 41.3 Å². The molecule has 0 atom stereocenters. The lowest BCUT2D eigenvalue weighted by Crippen LogP contribution is -2.43. The molecule has 0 bridgehead atoms. The average molecular weight is 405 g/mol. The standard InChI is InChI=1S/C24H28N4O2/c1-17(29)25-15-20-4-3-5-21-22(20)14-23(26-24(21)30)19-8-6-18(7-9-19)16-28-12-10-27(2)11-13-28/h3-9,14H,10-13,15-16H2,1-2H3,(H,25,29)(H,26,30). The number of carbonyl (C=O) groups is 1. The summed E-state index contributed by atoms with van der Waals surface area (Å²) in [5, 5.41) is 4.32. The number of carbonyl (C=O) groups excluding carboxylic acids is 1. The van der Waals surface area contributed by atoms with Crippen molar-refractivity contribution in [1.82, 2.24) is 20.1 Å². The Morgan fingerprint density at radius 2 is 1.77 bits per heavy atom. The van der Waals surface area contributed by atoms with Gasteiger partial charge in [-0.15, -0.1) is 0 Å². The van der Waals surface area contributed by atoms with Crippen LogP contribution in [0.15, 0.2) is 53.3 Å². The molecule has 30 heavy (non-hydrogen) atoms. The second kappa shape index (κ2) is 8.81. The van der Waals surface area contributed by atoms with Gasteiger partial charge in [-0.3, -0.25) is 14.5 Å². The number of rotatable bonds is 5. The van der Waals surface area contributed by atoms with Crippen LogP contribution in [0.25, 0.3) is 22.0 Å². The molecule has 2 aromatic carbocycles. The Hall–Kier alpha value is -2.96. The van der Waals surface area contributed by atoms with Crippen molar-refractivity contribution in [2.75, 3.05) is 33.2 Å². The van der Waals surface area contributed by atoms with Crippen LogP contribution in [0.5, 0.6) is 0 Å². The SMILES string of the molecule is CC(=O)NCc1cccc2c(=O)[nH]c(-c3ccc(CN4CCN(C)CC4)cc3)cc12. The number of aromatic amines is 1. The molecule has 1 saturated heterocycles. The third-order valence-electron chi connectivity index (χ3n) is 5.77. The minimum Gasteiger partial charge on any atom is -0.352 e. The Bertz CT molecular complexity index is 1100. The van der Waals surface area contributed by atoms with Crippen LogP contribution in [0.4, 0.5) is 0 Å². The van der Waals surface area contributed by atoms with E-state index in [2.05, 4.69) is 51.4 Å². The van der Waals surface area contributed by atoms with Crippen LogP contribution >= 0.6 is 0 Å². The van der Waals surface area contributed by atoms with Crippen molar-refractivity contribution in [3.63, 3.8) is 0 Å². The van der Waals surface area contributed by atoms with E-state index in [1.807, 2.05) is 24.3 Å². The van der Waals surface area contributed by atoms with E-state index in [9.17, 15) is 9.59 Å². The predicted molar refractivity (Wildman–Crippen MR) is 120 cm³/mol. The first kappa shape index (κ1) is 20.3. The van der Waals surface area contributed by atoms with Gasteiger partial charge in [-0.1, -0.05) is 36.4 Å². The molecule has 4 rings (SSSR count).